The van der Waals surface area contributed by atoms with Crippen molar-refractivity contribution in [1.29, 1.82) is 0 Å². The number of hydrogen-bond donors (Lipinski definition) is 3. The number of oxime groups is 1. The van der Waals surface area contributed by atoms with E-state index in [-0.39, 0.29) is 18.5 Å². The minimum Gasteiger partial charge on any atom is -0.465 e. The van der Waals surface area contributed by atoms with Gasteiger partial charge in [-0.25, -0.2) is 4.79 Å². The zero-order valence-electron chi connectivity index (χ0n) is 16.1. The van der Waals surface area contributed by atoms with E-state index >= 15 is 0 Å². The molecule has 0 aromatic heterocycles. The second-order valence-corrected chi connectivity index (χ2v) is 6.21. The minimum atomic E-state index is -1.12. The van der Waals surface area contributed by atoms with Gasteiger partial charge in [0.05, 0.1) is 25.4 Å². The number of allylic oxidation sites excluding steroid dienone is 4. The number of hydrogen-bond acceptors (Lipinski definition) is 5. The van der Waals surface area contributed by atoms with Crippen LogP contribution in [0.15, 0.2) is 41.1 Å². The highest BCUT2D eigenvalue weighted by Gasteiger charge is 2.26. The van der Waals surface area contributed by atoms with Crippen molar-refractivity contribution in [3.05, 3.63) is 36.0 Å². The zero-order valence-corrected chi connectivity index (χ0v) is 16.1. The Labute approximate surface area is 160 Å². The van der Waals surface area contributed by atoms with Crippen LogP contribution >= 0.6 is 0 Å². The maximum absolute atomic E-state index is 11.4. The SMILES string of the molecule is CCN(C(=O)O)C(CCC(COCC1=C/C=C\CC/C=C\1)OC)/C(N)=N\O. The molecule has 0 heterocycles. The number of carboxylic acid groups (broad SMARTS) is 1. The maximum Gasteiger partial charge on any atom is 0.407 e. The topological polar surface area (TPSA) is 118 Å². The Morgan fingerprint density at radius 3 is 2.74 bits per heavy atom. The average molecular weight is 381 g/mol. The summed E-state index contributed by atoms with van der Waals surface area (Å²) in [4.78, 5) is 12.5. The first-order chi connectivity index (χ1) is 13.0. The van der Waals surface area contributed by atoms with Gasteiger partial charge in [-0.1, -0.05) is 35.5 Å². The van der Waals surface area contributed by atoms with Crippen molar-refractivity contribution in [2.75, 3.05) is 26.9 Å². The van der Waals surface area contributed by atoms with Gasteiger partial charge in [0.1, 0.15) is 0 Å². The molecule has 0 saturated heterocycles. The van der Waals surface area contributed by atoms with E-state index in [9.17, 15) is 9.90 Å². The van der Waals surface area contributed by atoms with Gasteiger partial charge in [-0.15, -0.1) is 0 Å². The summed E-state index contributed by atoms with van der Waals surface area (Å²) in [7, 11) is 1.58. The van der Waals surface area contributed by atoms with Gasteiger partial charge in [0, 0.05) is 13.7 Å². The lowest BCUT2D eigenvalue weighted by atomic mass is 10.1. The van der Waals surface area contributed by atoms with Crippen LogP contribution in [-0.4, -0.2) is 66.2 Å². The summed E-state index contributed by atoms with van der Waals surface area (Å²) in [6.07, 6.45) is 12.0. The molecule has 152 valence electrons. The van der Waals surface area contributed by atoms with Crippen molar-refractivity contribution in [1.82, 2.24) is 4.90 Å². The Kier molecular flexibility index (Phi) is 10.9. The number of nitrogens with two attached hydrogens (primary N) is 1. The second-order valence-electron chi connectivity index (χ2n) is 6.21. The fraction of sp³-hybridized carbons (Fsp3) is 0.579. The smallest absolute Gasteiger partial charge is 0.407 e. The van der Waals surface area contributed by atoms with Gasteiger partial charge >= 0.3 is 6.09 Å². The van der Waals surface area contributed by atoms with Gasteiger partial charge in [-0.2, -0.15) is 0 Å². The van der Waals surface area contributed by atoms with E-state index in [0.29, 0.717) is 26.1 Å². The molecule has 0 aromatic carbocycles. The highest BCUT2D eigenvalue weighted by Crippen LogP contribution is 2.13. The van der Waals surface area contributed by atoms with Crippen LogP contribution in [-0.2, 0) is 9.47 Å². The number of likely N-dealkylation sites (N-methyl/N-ethyl adjacent to an activating group) is 1. The van der Waals surface area contributed by atoms with Crippen LogP contribution in [0.1, 0.15) is 32.6 Å². The van der Waals surface area contributed by atoms with Crippen molar-refractivity contribution in [3.63, 3.8) is 0 Å². The van der Waals surface area contributed by atoms with Gasteiger partial charge in [-0.05, 0) is 38.2 Å². The lowest BCUT2D eigenvalue weighted by molar-refractivity contribution is 0.00839. The van der Waals surface area contributed by atoms with Gasteiger partial charge in [-0.3, -0.25) is 4.90 Å². The van der Waals surface area contributed by atoms with Gasteiger partial charge in [0.2, 0.25) is 0 Å². The number of nitrogens with zero attached hydrogens (tertiary/aromatic N) is 2. The van der Waals surface area contributed by atoms with Crippen LogP contribution in [0, 0.1) is 0 Å². The molecule has 0 aromatic rings. The average Bonchev–Trinajstić information content (AvgIpc) is 2.63. The van der Waals surface area contributed by atoms with E-state index in [1.165, 1.54) is 0 Å². The Balaban J connectivity index is 2.56. The van der Waals surface area contributed by atoms with E-state index in [0.717, 1.165) is 23.3 Å². The second kappa shape index (κ2) is 12.9. The first-order valence-corrected chi connectivity index (χ1v) is 9.13. The van der Waals surface area contributed by atoms with Gasteiger partial charge in [0.25, 0.3) is 0 Å². The van der Waals surface area contributed by atoms with Crippen molar-refractivity contribution >= 4 is 11.9 Å². The number of methoxy groups -OCH3 is 1. The molecular formula is C19H31N3O5. The molecule has 0 radical (unpaired) electrons. The van der Waals surface area contributed by atoms with E-state index in [2.05, 4.69) is 23.4 Å². The molecule has 1 amide bonds. The summed E-state index contributed by atoms with van der Waals surface area (Å²) in [6, 6.07) is -0.712. The van der Waals surface area contributed by atoms with E-state index in [4.69, 9.17) is 20.4 Å². The largest absolute Gasteiger partial charge is 0.465 e. The molecule has 2 atom stereocenters. The molecule has 27 heavy (non-hydrogen) atoms. The summed E-state index contributed by atoms with van der Waals surface area (Å²) < 4.78 is 11.2. The molecule has 0 aliphatic heterocycles. The van der Waals surface area contributed by atoms with E-state index < -0.39 is 12.1 Å². The van der Waals surface area contributed by atoms with Crippen LogP contribution in [0.3, 0.4) is 0 Å². The molecule has 8 nitrogen and oxygen atoms in total. The lowest BCUT2D eigenvalue weighted by Gasteiger charge is -2.28. The van der Waals surface area contributed by atoms with Crippen LogP contribution in [0.5, 0.6) is 0 Å². The Bertz CT molecular complexity index is 572. The van der Waals surface area contributed by atoms with Crippen LogP contribution in [0.2, 0.25) is 0 Å². The first kappa shape index (κ1) is 22.7. The molecule has 0 saturated carbocycles. The zero-order chi connectivity index (χ0) is 20.1. The molecular weight excluding hydrogens is 350 g/mol. The van der Waals surface area contributed by atoms with Crippen molar-refractivity contribution in [2.24, 2.45) is 10.9 Å². The molecule has 1 aliphatic carbocycles. The molecule has 2 unspecified atom stereocenters. The number of amides is 1. The molecule has 0 bridgehead atoms. The molecule has 4 N–H and O–H groups in total. The number of carbonyl (C=O) groups is 1. The fourth-order valence-electron chi connectivity index (χ4n) is 2.81. The summed E-state index contributed by atoms with van der Waals surface area (Å²) in [5.41, 5.74) is 6.77. The minimum absolute atomic E-state index is 0.133. The predicted octanol–water partition coefficient (Wildman–Crippen LogP) is 2.75. The highest BCUT2D eigenvalue weighted by atomic mass is 16.5. The van der Waals surface area contributed by atoms with Crippen molar-refractivity contribution in [2.45, 2.75) is 44.8 Å². The first-order valence-electron chi connectivity index (χ1n) is 9.13. The summed E-state index contributed by atoms with van der Waals surface area (Å²) in [5.74, 6) is -0.133. The lowest BCUT2D eigenvalue weighted by Crippen LogP contribution is -2.48. The summed E-state index contributed by atoms with van der Waals surface area (Å²) in [5, 5.41) is 21.2. The highest BCUT2D eigenvalue weighted by molar-refractivity contribution is 5.88. The van der Waals surface area contributed by atoms with Gasteiger partial charge < -0.3 is 25.5 Å². The Morgan fingerprint density at radius 1 is 1.37 bits per heavy atom. The maximum atomic E-state index is 11.4. The van der Waals surface area contributed by atoms with Crippen molar-refractivity contribution < 1.29 is 24.6 Å². The number of amidine groups is 1. The molecule has 0 spiro atoms. The Hall–Kier alpha value is -2.32. The van der Waals surface area contributed by atoms with Crippen LogP contribution in [0.4, 0.5) is 4.79 Å². The number of ether oxygens (including phenoxy) is 2. The van der Waals surface area contributed by atoms with Crippen LogP contribution in [0.25, 0.3) is 0 Å². The number of rotatable bonds is 11. The quantitative estimate of drug-likeness (QED) is 0.219. The Morgan fingerprint density at radius 2 is 2.11 bits per heavy atom. The monoisotopic (exact) mass is 381 g/mol. The van der Waals surface area contributed by atoms with Gasteiger partial charge in [0.15, 0.2) is 5.84 Å². The standard InChI is InChI=1S/C19H31N3O5/c1-3-22(19(23)24)17(18(20)21-25)12-11-16(26-2)14-27-13-15-9-7-5-4-6-8-10-15/h5,7-10,16-17,25H,3-4,6,11-14H2,1-2H3,(H2,20,21)(H,23,24)/b7-5-,10-8-,15-9+. The third-order valence-electron chi connectivity index (χ3n) is 4.37. The van der Waals surface area contributed by atoms with E-state index in [1.54, 1.807) is 14.0 Å². The fourth-order valence-corrected chi connectivity index (χ4v) is 2.81. The van der Waals surface area contributed by atoms with Crippen LogP contribution < -0.4 is 5.73 Å². The van der Waals surface area contributed by atoms with Crippen molar-refractivity contribution in [3.8, 4) is 0 Å². The molecule has 1 aliphatic rings. The third kappa shape index (κ3) is 8.27. The molecule has 1 rings (SSSR count). The third-order valence-corrected chi connectivity index (χ3v) is 4.37. The molecule has 8 heteroatoms. The normalized spacial score (nSPS) is 21.3. The van der Waals surface area contributed by atoms with E-state index in [1.807, 2.05) is 12.2 Å². The predicted molar refractivity (Wildman–Crippen MR) is 104 cm³/mol. The summed E-state index contributed by atoms with van der Waals surface area (Å²) in [6.45, 7) is 2.78. The summed E-state index contributed by atoms with van der Waals surface area (Å²) >= 11 is 0. The molecule has 0 fully saturated rings.